The molecule has 1 heterocycles. The van der Waals surface area contributed by atoms with Crippen LogP contribution < -0.4 is 10.1 Å². The molecule has 1 amide bonds. The Bertz CT molecular complexity index is 422. The molecule has 1 aliphatic rings. The van der Waals surface area contributed by atoms with Crippen LogP contribution in [-0.2, 0) is 11.2 Å². The highest BCUT2D eigenvalue weighted by molar-refractivity contribution is 6.18. The minimum atomic E-state index is -0.678. The van der Waals surface area contributed by atoms with Crippen LogP contribution in [0.2, 0.25) is 0 Å². The second kappa shape index (κ2) is 5.38. The highest BCUT2D eigenvalue weighted by atomic mass is 35.5. The lowest BCUT2D eigenvalue weighted by atomic mass is 10.0. The molecule has 4 nitrogen and oxygen atoms in total. The van der Waals surface area contributed by atoms with Gasteiger partial charge in [-0.2, -0.15) is 0 Å². The summed E-state index contributed by atoms with van der Waals surface area (Å²) in [6.07, 6.45) is 0.603. The molecule has 17 heavy (non-hydrogen) atoms. The topological polar surface area (TPSA) is 58.6 Å². The van der Waals surface area contributed by atoms with Gasteiger partial charge >= 0.3 is 0 Å². The summed E-state index contributed by atoms with van der Waals surface area (Å²) in [6, 6.07) is 5.53. The third kappa shape index (κ3) is 3.11. The molecule has 0 radical (unpaired) electrons. The second-order valence-corrected chi connectivity index (χ2v) is 4.29. The fraction of sp³-hybridized carbons (Fsp3) is 0.417. The van der Waals surface area contributed by atoms with Gasteiger partial charge in [0.2, 0.25) is 5.91 Å². The Balaban J connectivity index is 2.05. The van der Waals surface area contributed by atoms with Crippen molar-refractivity contribution in [3.63, 3.8) is 0 Å². The van der Waals surface area contributed by atoms with Crippen molar-refractivity contribution in [3.05, 3.63) is 23.8 Å². The van der Waals surface area contributed by atoms with Gasteiger partial charge in [-0.05, 0) is 18.1 Å². The highest BCUT2D eigenvalue weighted by Crippen LogP contribution is 2.27. The average molecular weight is 256 g/mol. The zero-order valence-corrected chi connectivity index (χ0v) is 10.0. The summed E-state index contributed by atoms with van der Waals surface area (Å²) in [4.78, 5) is 11.2. The van der Waals surface area contributed by atoms with Crippen LogP contribution in [-0.4, -0.2) is 29.6 Å². The van der Waals surface area contributed by atoms with Gasteiger partial charge in [0.25, 0.3) is 0 Å². The van der Waals surface area contributed by atoms with Crippen molar-refractivity contribution < 1.29 is 14.6 Å². The first-order valence-electron chi connectivity index (χ1n) is 5.48. The third-order valence-electron chi connectivity index (χ3n) is 2.60. The van der Waals surface area contributed by atoms with Gasteiger partial charge in [0, 0.05) is 18.2 Å². The van der Waals surface area contributed by atoms with Crippen LogP contribution in [0.15, 0.2) is 18.2 Å². The number of aliphatic hydroxyl groups excluding tert-OH is 1. The summed E-state index contributed by atoms with van der Waals surface area (Å²) in [7, 11) is 0. The number of alkyl halides is 1. The molecular formula is C12H14ClNO3. The molecule has 2 rings (SSSR count). The van der Waals surface area contributed by atoms with E-state index in [1.165, 1.54) is 0 Å². The van der Waals surface area contributed by atoms with Crippen molar-refractivity contribution in [2.24, 2.45) is 0 Å². The summed E-state index contributed by atoms with van der Waals surface area (Å²) in [5.74, 6) is 0.785. The minimum Gasteiger partial charge on any atom is -0.491 e. The molecule has 0 aromatic heterocycles. The number of rotatable bonds is 4. The standard InChI is InChI=1S/C12H14ClNO3/c13-6-9(15)7-17-10-3-1-8-2-4-12(16)14-11(8)5-10/h1,3,5,9,15H,2,4,6-7H2,(H,14,16). The zero-order valence-electron chi connectivity index (χ0n) is 9.28. The van der Waals surface area contributed by atoms with Crippen LogP contribution in [0, 0.1) is 0 Å². The fourth-order valence-electron chi connectivity index (χ4n) is 1.68. The van der Waals surface area contributed by atoms with Crippen LogP contribution in [0.1, 0.15) is 12.0 Å². The predicted octanol–water partition coefficient (Wildman–Crippen LogP) is 1.55. The number of ether oxygens (including phenoxy) is 1. The number of carbonyl (C=O) groups is 1. The van der Waals surface area contributed by atoms with E-state index in [0.717, 1.165) is 17.7 Å². The lowest BCUT2D eigenvalue weighted by Gasteiger charge is -2.18. The van der Waals surface area contributed by atoms with Crippen molar-refractivity contribution in [1.82, 2.24) is 0 Å². The number of aryl methyl sites for hydroxylation is 1. The summed E-state index contributed by atoms with van der Waals surface area (Å²) in [5, 5.41) is 12.1. The van der Waals surface area contributed by atoms with Gasteiger partial charge < -0.3 is 15.2 Å². The molecule has 0 saturated carbocycles. The van der Waals surface area contributed by atoms with E-state index in [-0.39, 0.29) is 18.4 Å². The second-order valence-electron chi connectivity index (χ2n) is 3.99. The quantitative estimate of drug-likeness (QED) is 0.803. The van der Waals surface area contributed by atoms with Crippen molar-refractivity contribution >= 4 is 23.2 Å². The summed E-state index contributed by atoms with van der Waals surface area (Å²) in [6.45, 7) is 0.149. The van der Waals surface area contributed by atoms with Crippen LogP contribution in [0.3, 0.4) is 0 Å². The van der Waals surface area contributed by atoms with Crippen molar-refractivity contribution in [1.29, 1.82) is 0 Å². The van der Waals surface area contributed by atoms with Crippen LogP contribution in [0.4, 0.5) is 5.69 Å². The number of halogens is 1. The van der Waals surface area contributed by atoms with Gasteiger partial charge in [-0.15, -0.1) is 11.6 Å². The van der Waals surface area contributed by atoms with E-state index < -0.39 is 6.10 Å². The maximum atomic E-state index is 11.2. The molecule has 0 aliphatic carbocycles. The summed E-state index contributed by atoms with van der Waals surface area (Å²) < 4.78 is 5.37. The lowest BCUT2D eigenvalue weighted by Crippen LogP contribution is -2.20. The summed E-state index contributed by atoms with van der Waals surface area (Å²) in [5.41, 5.74) is 1.90. The maximum absolute atomic E-state index is 11.2. The van der Waals surface area contributed by atoms with E-state index in [1.807, 2.05) is 12.1 Å². The van der Waals surface area contributed by atoms with E-state index in [0.29, 0.717) is 12.2 Å². The number of hydrogen-bond acceptors (Lipinski definition) is 3. The Labute approximate surface area is 105 Å². The fourth-order valence-corrected chi connectivity index (χ4v) is 1.77. The molecule has 1 unspecified atom stereocenters. The minimum absolute atomic E-state index is 0.0236. The Hall–Kier alpha value is -1.26. The Kier molecular flexibility index (Phi) is 3.86. The number of aliphatic hydroxyl groups is 1. The predicted molar refractivity (Wildman–Crippen MR) is 65.6 cm³/mol. The molecule has 0 fully saturated rings. The van der Waals surface area contributed by atoms with Crippen LogP contribution in [0.25, 0.3) is 0 Å². The van der Waals surface area contributed by atoms with Crippen molar-refractivity contribution in [2.75, 3.05) is 17.8 Å². The zero-order chi connectivity index (χ0) is 12.3. The molecule has 0 saturated heterocycles. The molecule has 92 valence electrons. The van der Waals surface area contributed by atoms with Gasteiger partial charge in [0.05, 0.1) is 5.88 Å². The molecule has 5 heteroatoms. The van der Waals surface area contributed by atoms with Crippen molar-refractivity contribution in [2.45, 2.75) is 18.9 Å². The number of fused-ring (bicyclic) bond motifs is 1. The van der Waals surface area contributed by atoms with E-state index in [4.69, 9.17) is 16.3 Å². The molecule has 1 aliphatic heterocycles. The van der Waals surface area contributed by atoms with Crippen molar-refractivity contribution in [3.8, 4) is 5.75 Å². The van der Waals surface area contributed by atoms with Crippen LogP contribution in [0.5, 0.6) is 5.75 Å². The molecule has 0 spiro atoms. The monoisotopic (exact) mass is 255 g/mol. The number of benzene rings is 1. The largest absolute Gasteiger partial charge is 0.491 e. The Morgan fingerprint density at radius 3 is 3.06 bits per heavy atom. The van der Waals surface area contributed by atoms with Gasteiger partial charge in [-0.25, -0.2) is 0 Å². The summed E-state index contributed by atoms with van der Waals surface area (Å²) >= 11 is 5.47. The molecule has 1 atom stereocenters. The smallest absolute Gasteiger partial charge is 0.224 e. The first-order chi connectivity index (χ1) is 8.19. The first kappa shape index (κ1) is 12.2. The SMILES string of the molecule is O=C1CCc2ccc(OCC(O)CCl)cc2N1. The van der Waals surface area contributed by atoms with Gasteiger partial charge in [0.15, 0.2) is 0 Å². The van der Waals surface area contributed by atoms with E-state index in [2.05, 4.69) is 5.32 Å². The normalized spacial score (nSPS) is 16.0. The molecule has 1 aromatic carbocycles. The highest BCUT2D eigenvalue weighted by Gasteiger charge is 2.15. The maximum Gasteiger partial charge on any atom is 0.224 e. The lowest BCUT2D eigenvalue weighted by molar-refractivity contribution is -0.116. The number of hydrogen-bond donors (Lipinski definition) is 2. The molecule has 2 N–H and O–H groups in total. The average Bonchev–Trinajstić information content (AvgIpc) is 2.35. The molecule has 1 aromatic rings. The van der Waals surface area contributed by atoms with E-state index in [9.17, 15) is 9.90 Å². The molecule has 0 bridgehead atoms. The number of amides is 1. The Morgan fingerprint density at radius 1 is 1.47 bits per heavy atom. The van der Waals surface area contributed by atoms with Gasteiger partial charge in [0.1, 0.15) is 18.5 Å². The van der Waals surface area contributed by atoms with Gasteiger partial charge in [-0.1, -0.05) is 6.07 Å². The number of nitrogens with one attached hydrogen (secondary N) is 1. The first-order valence-corrected chi connectivity index (χ1v) is 6.02. The van der Waals surface area contributed by atoms with E-state index in [1.54, 1.807) is 6.07 Å². The number of carbonyl (C=O) groups excluding carboxylic acids is 1. The van der Waals surface area contributed by atoms with Crippen LogP contribution >= 0.6 is 11.6 Å². The third-order valence-corrected chi connectivity index (χ3v) is 2.95. The van der Waals surface area contributed by atoms with E-state index >= 15 is 0 Å². The molecular weight excluding hydrogens is 242 g/mol. The number of anilines is 1. The van der Waals surface area contributed by atoms with Gasteiger partial charge in [-0.3, -0.25) is 4.79 Å². The Morgan fingerprint density at radius 2 is 2.29 bits per heavy atom.